The third-order valence-electron chi connectivity index (χ3n) is 2.35. The molecule has 21 heavy (non-hydrogen) atoms. The van der Waals surface area contributed by atoms with Gasteiger partial charge < -0.3 is 0 Å². The molecule has 0 aliphatic carbocycles. The van der Waals surface area contributed by atoms with Crippen LogP contribution in [0.1, 0.15) is 40.4 Å². The number of rotatable bonds is 0. The molecule has 0 fully saturated rings. The number of benzene rings is 1. The molecule has 0 bridgehead atoms. The van der Waals surface area contributed by atoms with Gasteiger partial charge in [-0.15, -0.1) is 0 Å². The molecule has 0 atom stereocenters. The third-order valence-corrected chi connectivity index (χ3v) is 2.35. The summed E-state index contributed by atoms with van der Waals surface area (Å²) in [5, 5.41) is 4.11. The first-order valence-electron chi connectivity index (χ1n) is 7.55. The van der Waals surface area contributed by atoms with Gasteiger partial charge in [0.2, 0.25) is 0 Å². The average molecular weight is 288 g/mol. The van der Waals surface area contributed by atoms with Gasteiger partial charge in [0.25, 0.3) is 0 Å². The lowest BCUT2D eigenvalue weighted by Gasteiger charge is -1.93. The Kier molecular flexibility index (Phi) is 10.5. The molecule has 1 aromatic carbocycles. The van der Waals surface area contributed by atoms with E-state index < -0.39 is 0 Å². The van der Waals surface area contributed by atoms with Gasteiger partial charge in [0.15, 0.2) is 5.65 Å². The molecule has 0 saturated heterocycles. The fourth-order valence-corrected chi connectivity index (χ4v) is 1.46. The van der Waals surface area contributed by atoms with E-state index >= 15 is 0 Å². The molecule has 0 amide bonds. The molecule has 3 nitrogen and oxygen atoms in total. The van der Waals surface area contributed by atoms with Gasteiger partial charge in [-0.1, -0.05) is 64.1 Å². The van der Waals surface area contributed by atoms with Crippen molar-refractivity contribution < 1.29 is 1.43 Å². The van der Waals surface area contributed by atoms with Crippen LogP contribution in [0.2, 0.25) is 0 Å². The number of nitrogens with zero attached hydrogens (tertiary/aromatic N) is 3. The van der Waals surface area contributed by atoms with Crippen molar-refractivity contribution in [3.8, 4) is 0 Å². The first kappa shape index (κ1) is 18.8. The van der Waals surface area contributed by atoms with Crippen LogP contribution >= 0.6 is 0 Å². The molecule has 0 spiro atoms. The van der Waals surface area contributed by atoms with Crippen LogP contribution in [0.5, 0.6) is 0 Å². The molecule has 0 radical (unpaired) electrons. The third kappa shape index (κ3) is 6.70. The van der Waals surface area contributed by atoms with Gasteiger partial charge in [0.1, 0.15) is 0 Å². The summed E-state index contributed by atoms with van der Waals surface area (Å²) in [5.41, 5.74) is 3.10. The summed E-state index contributed by atoms with van der Waals surface area (Å²) in [4.78, 5) is 4.34. The number of fused-ring (bicyclic) bond motifs is 1. The van der Waals surface area contributed by atoms with Crippen molar-refractivity contribution >= 4 is 5.65 Å². The monoisotopic (exact) mass is 288 g/mol. The maximum atomic E-state index is 4.34. The Morgan fingerprint density at radius 2 is 1.33 bits per heavy atom. The molecule has 2 aromatic heterocycles. The van der Waals surface area contributed by atoms with E-state index in [1.54, 1.807) is 4.52 Å². The summed E-state index contributed by atoms with van der Waals surface area (Å²) in [6.07, 6.45) is 3.74. The summed E-state index contributed by atoms with van der Waals surface area (Å²) in [6.45, 7) is 12.0. The predicted molar refractivity (Wildman–Crippen MR) is 93.7 cm³/mol. The predicted octanol–water partition coefficient (Wildman–Crippen LogP) is 5.33. The van der Waals surface area contributed by atoms with Crippen molar-refractivity contribution in [2.24, 2.45) is 0 Å². The maximum absolute atomic E-state index is 4.34. The van der Waals surface area contributed by atoms with Gasteiger partial charge in [0, 0.05) is 18.9 Å². The van der Waals surface area contributed by atoms with Gasteiger partial charge in [-0.3, -0.25) is 0 Å². The number of aromatic nitrogens is 3. The van der Waals surface area contributed by atoms with Crippen molar-refractivity contribution in [2.75, 3.05) is 0 Å². The normalized spacial score (nSPS) is 8.48. The zero-order chi connectivity index (χ0) is 16.1. The van der Waals surface area contributed by atoms with Gasteiger partial charge in [-0.25, -0.2) is 9.50 Å². The molecular weight excluding hydrogens is 258 g/mol. The second-order valence-corrected chi connectivity index (χ2v) is 3.82. The highest BCUT2D eigenvalue weighted by Crippen LogP contribution is 2.05. The summed E-state index contributed by atoms with van der Waals surface area (Å²) in [7, 11) is 0. The smallest absolute Gasteiger partial charge is 0.158 e. The zero-order valence-corrected chi connectivity index (χ0v) is 14.0. The fraction of sp³-hybridized carbons (Fsp3) is 0.333. The quantitative estimate of drug-likeness (QED) is 0.559. The van der Waals surface area contributed by atoms with E-state index in [-0.39, 0.29) is 1.43 Å². The Bertz CT molecular complexity index is 565. The average Bonchev–Trinajstić information content (AvgIpc) is 2.94. The first-order valence-corrected chi connectivity index (χ1v) is 7.55. The molecule has 3 heteroatoms. The van der Waals surface area contributed by atoms with E-state index in [9.17, 15) is 0 Å². The molecule has 116 valence electrons. The van der Waals surface area contributed by atoms with Crippen molar-refractivity contribution in [1.82, 2.24) is 14.6 Å². The standard InChI is InChI=1S/C8H9N3.C6H6.2C2H6.H2/c1-6-5-9-11-4-3-7(2)10-8(6)11;1-2-4-6-5-3-1;2*1-2;/h3-5H,1-2H3;1-6H;2*1-2H3;1H/i;;;;1+1. The lowest BCUT2D eigenvalue weighted by molar-refractivity contribution is 0.929. The second-order valence-electron chi connectivity index (χ2n) is 3.82. The highest BCUT2D eigenvalue weighted by Gasteiger charge is 1.98. The van der Waals surface area contributed by atoms with Crippen molar-refractivity contribution in [3.05, 3.63) is 66.1 Å². The Morgan fingerprint density at radius 1 is 0.857 bits per heavy atom. The van der Waals surface area contributed by atoms with Crippen molar-refractivity contribution in [2.45, 2.75) is 41.5 Å². The lowest BCUT2D eigenvalue weighted by Crippen LogP contribution is -1.90. The van der Waals surface area contributed by atoms with Crippen LogP contribution in [0.4, 0.5) is 0 Å². The van der Waals surface area contributed by atoms with Gasteiger partial charge in [-0.05, 0) is 19.9 Å². The molecule has 0 aliphatic rings. The lowest BCUT2D eigenvalue weighted by atomic mass is 10.4. The largest absolute Gasteiger partial charge is 0.234 e. The van der Waals surface area contributed by atoms with Crippen LogP contribution in [-0.2, 0) is 0 Å². The van der Waals surface area contributed by atoms with Crippen molar-refractivity contribution in [3.63, 3.8) is 0 Å². The molecule has 3 aromatic rings. The Morgan fingerprint density at radius 3 is 1.81 bits per heavy atom. The minimum absolute atomic E-state index is 0. The molecule has 3 rings (SSSR count). The van der Waals surface area contributed by atoms with Crippen molar-refractivity contribution in [1.29, 1.82) is 0 Å². The second kappa shape index (κ2) is 11.6. The topological polar surface area (TPSA) is 30.2 Å². The molecule has 0 saturated carbocycles. The van der Waals surface area contributed by atoms with Gasteiger partial charge in [0.05, 0.1) is 6.20 Å². The number of hydrogen-bond donors (Lipinski definition) is 0. The molecule has 0 unspecified atom stereocenters. The van der Waals surface area contributed by atoms with Crippen LogP contribution in [-0.4, -0.2) is 14.6 Å². The molecule has 0 N–H and O–H groups in total. The molecular formula is C18H29N3. The van der Waals surface area contributed by atoms with Crippen LogP contribution < -0.4 is 0 Å². The van der Waals surface area contributed by atoms with Crippen LogP contribution in [0.3, 0.4) is 0 Å². The number of aryl methyl sites for hydroxylation is 2. The van der Waals surface area contributed by atoms with Crippen LogP contribution in [0.25, 0.3) is 5.65 Å². The van der Waals surface area contributed by atoms with E-state index in [0.717, 1.165) is 16.9 Å². The van der Waals surface area contributed by atoms with E-state index in [4.69, 9.17) is 0 Å². The summed E-state index contributed by atoms with van der Waals surface area (Å²) in [6, 6.07) is 13.9. The Balaban J connectivity index is 0. The zero-order valence-electron chi connectivity index (χ0n) is 14.0. The Labute approximate surface area is 130 Å². The SMILES string of the molecule is CC.CC.Cc1ccn2ncc(C)c2n1.[2HH].c1ccccc1. The van der Waals surface area contributed by atoms with Gasteiger partial charge in [-0.2, -0.15) is 5.10 Å². The van der Waals surface area contributed by atoms with Crippen LogP contribution in [0, 0.1) is 13.8 Å². The minimum Gasteiger partial charge on any atom is -0.234 e. The maximum Gasteiger partial charge on any atom is 0.158 e. The summed E-state index contributed by atoms with van der Waals surface area (Å²) in [5.74, 6) is 0. The highest BCUT2D eigenvalue weighted by molar-refractivity contribution is 5.45. The van der Waals surface area contributed by atoms with E-state index in [2.05, 4.69) is 10.1 Å². The van der Waals surface area contributed by atoms with Gasteiger partial charge >= 0.3 is 0 Å². The number of hydrogen-bond acceptors (Lipinski definition) is 2. The van der Waals surface area contributed by atoms with Crippen LogP contribution in [0.15, 0.2) is 54.9 Å². The molecule has 2 heterocycles. The minimum atomic E-state index is 0. The van der Waals surface area contributed by atoms with E-state index in [0.29, 0.717) is 0 Å². The van der Waals surface area contributed by atoms with E-state index in [1.807, 2.05) is 96.4 Å². The fourth-order valence-electron chi connectivity index (χ4n) is 1.46. The first-order chi connectivity index (χ1) is 10.3. The highest BCUT2D eigenvalue weighted by atomic mass is 15.2. The Hall–Kier alpha value is -2.16. The summed E-state index contributed by atoms with van der Waals surface area (Å²) >= 11 is 0. The summed E-state index contributed by atoms with van der Waals surface area (Å²) < 4.78 is 1.78. The van der Waals surface area contributed by atoms with E-state index in [1.165, 1.54) is 0 Å². The molecule has 0 aliphatic heterocycles.